The van der Waals surface area contributed by atoms with Gasteiger partial charge in [-0.1, -0.05) is 52.5 Å². The van der Waals surface area contributed by atoms with E-state index in [0.29, 0.717) is 5.56 Å². The van der Waals surface area contributed by atoms with Crippen molar-refractivity contribution in [3.63, 3.8) is 0 Å². The molecule has 1 N–H and O–H groups in total. The monoisotopic (exact) mass is 308 g/mol. The fourth-order valence-electron chi connectivity index (χ4n) is 2.01. The highest BCUT2D eigenvalue weighted by Crippen LogP contribution is 2.33. The van der Waals surface area contributed by atoms with Crippen molar-refractivity contribution in [2.75, 3.05) is 0 Å². The Morgan fingerprint density at radius 1 is 1.22 bits per heavy atom. The number of alkyl halides is 3. The van der Waals surface area contributed by atoms with Crippen LogP contribution in [0.5, 0.6) is 0 Å². The van der Waals surface area contributed by atoms with Crippen molar-refractivity contribution in [2.45, 2.75) is 37.1 Å². The van der Waals surface area contributed by atoms with Gasteiger partial charge in [-0.15, -0.1) is 0 Å². The SMILES string of the molecule is Cc1cc(C)c(C(=O)C[C@@H](O)C(Cl)(Cl)Cl)c(C)c1. The maximum atomic E-state index is 12.1. The molecule has 1 atom stereocenters. The van der Waals surface area contributed by atoms with Crippen molar-refractivity contribution >= 4 is 40.6 Å². The zero-order valence-electron chi connectivity index (χ0n) is 10.4. The quantitative estimate of drug-likeness (QED) is 0.679. The van der Waals surface area contributed by atoms with Crippen molar-refractivity contribution in [2.24, 2.45) is 0 Å². The van der Waals surface area contributed by atoms with E-state index in [9.17, 15) is 9.90 Å². The molecule has 2 nitrogen and oxygen atoms in total. The molecule has 0 aromatic heterocycles. The van der Waals surface area contributed by atoms with E-state index in [1.165, 1.54) is 0 Å². The Morgan fingerprint density at radius 3 is 2.06 bits per heavy atom. The Kier molecular flexibility index (Phi) is 5.07. The Bertz CT molecular complexity index is 441. The van der Waals surface area contributed by atoms with E-state index in [0.717, 1.165) is 16.7 Å². The molecule has 5 heteroatoms. The van der Waals surface area contributed by atoms with Crippen LogP contribution in [0.15, 0.2) is 12.1 Å². The first-order valence-electron chi connectivity index (χ1n) is 5.48. The first-order chi connectivity index (χ1) is 8.12. The van der Waals surface area contributed by atoms with Crippen molar-refractivity contribution < 1.29 is 9.90 Å². The van der Waals surface area contributed by atoms with Crippen molar-refractivity contribution in [3.05, 3.63) is 34.4 Å². The summed E-state index contributed by atoms with van der Waals surface area (Å²) < 4.78 is -1.85. The largest absolute Gasteiger partial charge is 0.388 e. The van der Waals surface area contributed by atoms with Gasteiger partial charge in [-0.2, -0.15) is 0 Å². The second kappa shape index (κ2) is 5.79. The zero-order valence-corrected chi connectivity index (χ0v) is 12.7. The van der Waals surface area contributed by atoms with Gasteiger partial charge < -0.3 is 5.11 Å². The fourth-order valence-corrected chi connectivity index (χ4v) is 2.24. The molecule has 0 bridgehead atoms. The van der Waals surface area contributed by atoms with Crippen LogP contribution in [0.2, 0.25) is 0 Å². The summed E-state index contributed by atoms with van der Waals surface area (Å²) in [5.74, 6) is -0.219. The van der Waals surface area contributed by atoms with E-state index in [2.05, 4.69) is 0 Å². The number of aliphatic hydroxyl groups is 1. The standard InChI is InChI=1S/C13H15Cl3O2/c1-7-4-8(2)12(9(3)5-7)10(17)6-11(18)13(14,15)16/h4-5,11,18H,6H2,1-3H3/t11-/m1/s1. The minimum absolute atomic E-state index is 0.207. The fraction of sp³-hybridized carbons (Fsp3) is 0.462. The van der Waals surface area contributed by atoms with Crippen LogP contribution in [0.4, 0.5) is 0 Å². The molecule has 1 rings (SSSR count). The van der Waals surface area contributed by atoms with Gasteiger partial charge in [0.1, 0.15) is 6.10 Å². The second-order valence-corrected chi connectivity index (χ2v) is 6.83. The van der Waals surface area contributed by atoms with Crippen LogP contribution < -0.4 is 0 Å². The van der Waals surface area contributed by atoms with Crippen LogP contribution in [-0.2, 0) is 0 Å². The molecule has 0 heterocycles. The van der Waals surface area contributed by atoms with E-state index in [1.54, 1.807) is 0 Å². The van der Waals surface area contributed by atoms with Gasteiger partial charge in [0.15, 0.2) is 5.78 Å². The third-order valence-corrected chi connectivity index (χ3v) is 3.47. The molecule has 1 aromatic carbocycles. The first-order valence-corrected chi connectivity index (χ1v) is 6.62. The number of Topliss-reactive ketones (excluding diaryl/α,β-unsaturated/α-hetero) is 1. The molecule has 0 aliphatic rings. The van der Waals surface area contributed by atoms with E-state index < -0.39 is 9.90 Å². The highest BCUT2D eigenvalue weighted by molar-refractivity contribution is 6.68. The van der Waals surface area contributed by atoms with Gasteiger partial charge >= 0.3 is 0 Å². The minimum atomic E-state index is -1.85. The number of aryl methyl sites for hydroxylation is 3. The lowest BCUT2D eigenvalue weighted by atomic mass is 9.94. The summed E-state index contributed by atoms with van der Waals surface area (Å²) in [4.78, 5) is 12.1. The Hall–Kier alpha value is -0.280. The first kappa shape index (κ1) is 15.8. The third kappa shape index (κ3) is 3.86. The van der Waals surface area contributed by atoms with E-state index in [4.69, 9.17) is 34.8 Å². The predicted octanol–water partition coefficient (Wildman–Crippen LogP) is 3.92. The van der Waals surface area contributed by atoms with E-state index in [-0.39, 0.29) is 12.2 Å². The normalized spacial score (nSPS) is 13.5. The minimum Gasteiger partial charge on any atom is -0.388 e. The van der Waals surface area contributed by atoms with Gasteiger partial charge in [0.25, 0.3) is 0 Å². The van der Waals surface area contributed by atoms with Crippen molar-refractivity contribution in [3.8, 4) is 0 Å². The molecule has 1 aromatic rings. The van der Waals surface area contributed by atoms with Gasteiger partial charge in [-0.25, -0.2) is 0 Å². The average Bonchev–Trinajstić information content (AvgIpc) is 2.13. The summed E-state index contributed by atoms with van der Waals surface area (Å²) in [6.45, 7) is 5.67. The maximum absolute atomic E-state index is 12.1. The number of halogens is 3. The zero-order chi connectivity index (χ0) is 14.1. The Labute approximate surface area is 122 Å². The third-order valence-electron chi connectivity index (χ3n) is 2.71. The molecule has 100 valence electrons. The molecule has 18 heavy (non-hydrogen) atoms. The van der Waals surface area contributed by atoms with E-state index in [1.807, 2.05) is 32.9 Å². The molecule has 0 fully saturated rings. The van der Waals surface area contributed by atoms with E-state index >= 15 is 0 Å². The lowest BCUT2D eigenvalue weighted by Gasteiger charge is -2.19. The lowest BCUT2D eigenvalue weighted by molar-refractivity contribution is 0.0883. The topological polar surface area (TPSA) is 37.3 Å². The Balaban J connectivity index is 2.99. The maximum Gasteiger partial charge on any atom is 0.216 e. The van der Waals surface area contributed by atoms with Gasteiger partial charge in [0.05, 0.1) is 0 Å². The van der Waals surface area contributed by atoms with Crippen LogP contribution in [0.3, 0.4) is 0 Å². The number of carbonyl (C=O) groups is 1. The van der Waals surface area contributed by atoms with Crippen LogP contribution in [-0.4, -0.2) is 20.8 Å². The van der Waals surface area contributed by atoms with Gasteiger partial charge in [0, 0.05) is 12.0 Å². The van der Waals surface area contributed by atoms with Gasteiger partial charge in [-0.05, 0) is 31.9 Å². The number of carbonyl (C=O) groups excluding carboxylic acids is 1. The summed E-state index contributed by atoms with van der Waals surface area (Å²) in [6.07, 6.45) is -1.52. The number of benzene rings is 1. The lowest BCUT2D eigenvalue weighted by Crippen LogP contribution is -2.28. The molecule has 0 amide bonds. The number of ketones is 1. The summed E-state index contributed by atoms with van der Waals surface area (Å²) in [6, 6.07) is 3.84. The van der Waals surface area contributed by atoms with Gasteiger partial charge in [0.2, 0.25) is 3.79 Å². The molecule has 0 spiro atoms. The highest BCUT2D eigenvalue weighted by Gasteiger charge is 2.33. The van der Waals surface area contributed by atoms with Crippen molar-refractivity contribution in [1.29, 1.82) is 0 Å². The van der Waals surface area contributed by atoms with Crippen LogP contribution >= 0.6 is 34.8 Å². The smallest absolute Gasteiger partial charge is 0.216 e. The molecular formula is C13H15Cl3O2. The number of hydrogen-bond donors (Lipinski definition) is 1. The molecule has 0 unspecified atom stereocenters. The number of rotatable bonds is 3. The highest BCUT2D eigenvalue weighted by atomic mass is 35.6. The molecule has 0 saturated heterocycles. The predicted molar refractivity (Wildman–Crippen MR) is 75.9 cm³/mol. The molecule has 0 aliphatic heterocycles. The summed E-state index contributed by atoms with van der Waals surface area (Å²) in [5, 5.41) is 9.64. The van der Waals surface area contributed by atoms with Crippen LogP contribution in [0, 0.1) is 20.8 Å². The number of aliphatic hydroxyl groups excluding tert-OH is 1. The van der Waals surface area contributed by atoms with Gasteiger partial charge in [-0.3, -0.25) is 4.79 Å². The molecule has 0 aliphatic carbocycles. The average molecular weight is 310 g/mol. The molecule has 0 radical (unpaired) electrons. The Morgan fingerprint density at radius 2 is 1.67 bits per heavy atom. The van der Waals surface area contributed by atoms with Crippen molar-refractivity contribution in [1.82, 2.24) is 0 Å². The number of hydrogen-bond acceptors (Lipinski definition) is 2. The molecular weight excluding hydrogens is 295 g/mol. The molecule has 0 saturated carbocycles. The van der Waals surface area contributed by atoms with Crippen LogP contribution in [0.1, 0.15) is 33.5 Å². The second-order valence-electron chi connectivity index (χ2n) is 4.46. The van der Waals surface area contributed by atoms with Crippen LogP contribution in [0.25, 0.3) is 0 Å². The summed E-state index contributed by atoms with van der Waals surface area (Å²) in [5.41, 5.74) is 3.42. The summed E-state index contributed by atoms with van der Waals surface area (Å²) >= 11 is 16.6. The summed E-state index contributed by atoms with van der Waals surface area (Å²) in [7, 11) is 0.